The minimum Gasteiger partial charge on any atom is -0.451 e. The lowest BCUT2D eigenvalue weighted by Gasteiger charge is -2.19. The summed E-state index contributed by atoms with van der Waals surface area (Å²) in [6.07, 6.45) is 2.50. The summed E-state index contributed by atoms with van der Waals surface area (Å²) in [6, 6.07) is 15.0. The molecule has 0 saturated heterocycles. The van der Waals surface area contributed by atoms with Crippen LogP contribution < -0.4 is 10.1 Å². The monoisotopic (exact) mass is 342 g/mol. The molecule has 0 amide bonds. The number of aromatic nitrogens is 1. The molecule has 1 atom stereocenters. The van der Waals surface area contributed by atoms with Gasteiger partial charge in [-0.2, -0.15) is 0 Å². The van der Waals surface area contributed by atoms with E-state index in [1.165, 1.54) is 12.1 Å². The second kappa shape index (κ2) is 7.94. The molecule has 1 heterocycles. The van der Waals surface area contributed by atoms with Crippen molar-refractivity contribution >= 4 is 0 Å². The maximum absolute atomic E-state index is 14.9. The number of rotatable bonds is 7. The molecular weight excluding hydrogens is 322 g/mol. The van der Waals surface area contributed by atoms with E-state index in [0.717, 1.165) is 5.69 Å². The predicted molar refractivity (Wildman–Crippen MR) is 93.5 cm³/mol. The maximum atomic E-state index is 14.9. The van der Waals surface area contributed by atoms with Crippen molar-refractivity contribution in [2.45, 2.75) is 25.9 Å². The molecular formula is C20H20F2N2O. The average molecular weight is 342 g/mol. The largest absolute Gasteiger partial charge is 0.451 e. The maximum Gasteiger partial charge on any atom is 0.198 e. The highest BCUT2D eigenvalue weighted by molar-refractivity contribution is 5.38. The highest BCUT2D eigenvalue weighted by Crippen LogP contribution is 2.33. The number of nitrogens with one attached hydrogen (secondary N) is 2. The fourth-order valence-electron chi connectivity index (χ4n) is 2.70. The second-order valence-electron chi connectivity index (χ2n) is 5.73. The molecule has 0 spiro atoms. The van der Waals surface area contributed by atoms with Gasteiger partial charge in [-0.05, 0) is 36.8 Å². The lowest BCUT2D eigenvalue weighted by molar-refractivity contribution is 0.394. The lowest BCUT2D eigenvalue weighted by Crippen LogP contribution is -2.21. The molecule has 3 nitrogen and oxygen atoms in total. The zero-order valence-corrected chi connectivity index (χ0v) is 13.9. The normalized spacial score (nSPS) is 12.1. The van der Waals surface area contributed by atoms with Crippen LogP contribution in [-0.4, -0.2) is 4.98 Å². The van der Waals surface area contributed by atoms with E-state index in [1.807, 2.05) is 31.3 Å². The van der Waals surface area contributed by atoms with Gasteiger partial charge in [-0.3, -0.25) is 0 Å². The summed E-state index contributed by atoms with van der Waals surface area (Å²) >= 11 is 0. The topological polar surface area (TPSA) is 37.0 Å². The summed E-state index contributed by atoms with van der Waals surface area (Å²) in [5, 5.41) is 3.29. The highest BCUT2D eigenvalue weighted by Gasteiger charge is 2.21. The Morgan fingerprint density at radius 1 is 1.04 bits per heavy atom. The minimum atomic E-state index is -0.718. The molecule has 0 aliphatic carbocycles. The number of hydrogen-bond donors (Lipinski definition) is 2. The van der Waals surface area contributed by atoms with E-state index in [0.29, 0.717) is 24.3 Å². The van der Waals surface area contributed by atoms with Crippen LogP contribution in [0.25, 0.3) is 0 Å². The van der Waals surface area contributed by atoms with Gasteiger partial charge >= 0.3 is 0 Å². The Balaban J connectivity index is 1.83. The van der Waals surface area contributed by atoms with Crippen molar-refractivity contribution in [3.05, 3.63) is 83.7 Å². The van der Waals surface area contributed by atoms with Gasteiger partial charge in [0.05, 0.1) is 0 Å². The van der Waals surface area contributed by atoms with E-state index in [-0.39, 0.29) is 11.8 Å². The highest BCUT2D eigenvalue weighted by atomic mass is 19.1. The standard InChI is InChI=1S/C20H20F2N2O/c1-2-18(24-13-14-7-6-12-23-14)16-10-11-17(21)20(19(16)22)25-15-8-4-3-5-9-15/h3-12,18,23-24H,2,13H2,1H3. The Hall–Kier alpha value is -2.66. The summed E-state index contributed by atoms with van der Waals surface area (Å²) in [4.78, 5) is 3.09. The van der Waals surface area contributed by atoms with E-state index in [2.05, 4.69) is 10.3 Å². The first-order chi connectivity index (χ1) is 12.2. The van der Waals surface area contributed by atoms with Crippen LogP contribution in [0.15, 0.2) is 60.8 Å². The number of ether oxygens (including phenoxy) is 1. The van der Waals surface area contributed by atoms with E-state index in [1.54, 1.807) is 24.3 Å². The van der Waals surface area contributed by atoms with Crippen LogP contribution in [0, 0.1) is 11.6 Å². The number of H-pyrrole nitrogens is 1. The summed E-state index contributed by atoms with van der Waals surface area (Å²) in [7, 11) is 0. The third-order valence-corrected chi connectivity index (χ3v) is 4.03. The molecule has 130 valence electrons. The molecule has 0 aliphatic heterocycles. The number of hydrogen-bond acceptors (Lipinski definition) is 2. The SMILES string of the molecule is CCC(NCc1ccc[nH]1)c1ccc(F)c(Oc2ccccc2)c1F. The molecule has 3 rings (SSSR count). The molecule has 5 heteroatoms. The molecule has 3 aromatic rings. The fraction of sp³-hybridized carbons (Fsp3) is 0.200. The van der Waals surface area contributed by atoms with Gasteiger partial charge in [0.1, 0.15) is 5.75 Å². The van der Waals surface area contributed by atoms with E-state index >= 15 is 0 Å². The molecule has 0 aliphatic rings. The van der Waals surface area contributed by atoms with E-state index in [9.17, 15) is 8.78 Å². The zero-order chi connectivity index (χ0) is 17.6. The Bertz CT molecular complexity index is 804. The van der Waals surface area contributed by atoms with Gasteiger partial charge in [-0.15, -0.1) is 0 Å². The van der Waals surface area contributed by atoms with Gasteiger partial charge in [0.2, 0.25) is 0 Å². The Morgan fingerprint density at radius 2 is 1.84 bits per heavy atom. The van der Waals surface area contributed by atoms with Gasteiger partial charge < -0.3 is 15.0 Å². The molecule has 2 aromatic carbocycles. The number of aromatic amines is 1. The summed E-state index contributed by atoms with van der Waals surface area (Å²) in [6.45, 7) is 2.52. The molecule has 1 unspecified atom stereocenters. The first kappa shape index (κ1) is 17.2. The number of halogens is 2. The Morgan fingerprint density at radius 3 is 2.52 bits per heavy atom. The van der Waals surface area contributed by atoms with Crippen molar-refractivity contribution in [2.75, 3.05) is 0 Å². The second-order valence-corrected chi connectivity index (χ2v) is 5.73. The van der Waals surface area contributed by atoms with Crippen molar-refractivity contribution in [3.8, 4) is 11.5 Å². The summed E-state index contributed by atoms with van der Waals surface area (Å²) < 4.78 is 34.5. The minimum absolute atomic E-state index is 0.248. The van der Waals surface area contributed by atoms with Crippen LogP contribution in [0.3, 0.4) is 0 Å². The third-order valence-electron chi connectivity index (χ3n) is 4.03. The van der Waals surface area contributed by atoms with Crippen molar-refractivity contribution in [1.82, 2.24) is 10.3 Å². The van der Waals surface area contributed by atoms with E-state index in [4.69, 9.17) is 4.74 Å². The molecule has 0 bridgehead atoms. The molecule has 0 fully saturated rings. The van der Waals surface area contributed by atoms with Gasteiger partial charge in [0.25, 0.3) is 0 Å². The van der Waals surface area contributed by atoms with Crippen LogP contribution in [0.4, 0.5) is 8.78 Å². The first-order valence-electron chi connectivity index (χ1n) is 8.25. The van der Waals surface area contributed by atoms with Crippen molar-refractivity contribution < 1.29 is 13.5 Å². The molecule has 0 radical (unpaired) electrons. The van der Waals surface area contributed by atoms with Crippen LogP contribution in [0.1, 0.15) is 30.6 Å². The van der Waals surface area contributed by atoms with Gasteiger partial charge in [-0.1, -0.05) is 31.2 Å². The van der Waals surface area contributed by atoms with Gasteiger partial charge in [-0.25, -0.2) is 8.78 Å². The molecule has 25 heavy (non-hydrogen) atoms. The third kappa shape index (κ3) is 4.06. The number of benzene rings is 2. The molecule has 1 aromatic heterocycles. The first-order valence-corrected chi connectivity index (χ1v) is 8.25. The van der Waals surface area contributed by atoms with Crippen molar-refractivity contribution in [1.29, 1.82) is 0 Å². The predicted octanol–water partition coefficient (Wildman–Crippen LogP) is 5.33. The molecule has 2 N–H and O–H groups in total. The van der Waals surface area contributed by atoms with Crippen molar-refractivity contribution in [2.24, 2.45) is 0 Å². The van der Waals surface area contributed by atoms with Gasteiger partial charge in [0.15, 0.2) is 17.4 Å². The Kier molecular flexibility index (Phi) is 5.46. The van der Waals surface area contributed by atoms with Gasteiger partial charge in [0, 0.05) is 30.0 Å². The van der Waals surface area contributed by atoms with Crippen molar-refractivity contribution in [3.63, 3.8) is 0 Å². The summed E-state index contributed by atoms with van der Waals surface area (Å²) in [5.41, 5.74) is 1.39. The van der Waals surface area contributed by atoms with Crippen LogP contribution in [-0.2, 0) is 6.54 Å². The van der Waals surface area contributed by atoms with Crippen LogP contribution >= 0.6 is 0 Å². The smallest absolute Gasteiger partial charge is 0.198 e. The van der Waals surface area contributed by atoms with E-state index < -0.39 is 11.6 Å². The lowest BCUT2D eigenvalue weighted by atomic mass is 10.0. The molecule has 0 saturated carbocycles. The summed E-state index contributed by atoms with van der Waals surface area (Å²) in [5.74, 6) is -1.37. The zero-order valence-electron chi connectivity index (χ0n) is 13.9. The quantitative estimate of drug-likeness (QED) is 0.609. The fourth-order valence-corrected chi connectivity index (χ4v) is 2.70. The van der Waals surface area contributed by atoms with Crippen LogP contribution in [0.5, 0.6) is 11.5 Å². The van der Waals surface area contributed by atoms with Crippen LogP contribution in [0.2, 0.25) is 0 Å². The average Bonchev–Trinajstić information content (AvgIpc) is 3.15. The number of para-hydroxylation sites is 1. The Labute approximate surface area is 145 Å².